The molecule has 152 valence electrons. The first kappa shape index (κ1) is 18.9. The number of halogens is 1. The normalized spacial score (nSPS) is 20.0. The number of morpholine rings is 1. The average molecular weight is 415 g/mol. The highest BCUT2D eigenvalue weighted by Gasteiger charge is 2.26. The van der Waals surface area contributed by atoms with Crippen molar-refractivity contribution in [3.05, 3.63) is 46.3 Å². The first-order valence-electron chi connectivity index (χ1n) is 10.3. The molecule has 1 atom stereocenters. The van der Waals surface area contributed by atoms with E-state index < -0.39 is 0 Å². The smallest absolute Gasteiger partial charge is 0.232 e. The molecule has 5 nitrogen and oxygen atoms in total. The lowest BCUT2D eigenvalue weighted by atomic mass is 9.89. The van der Waals surface area contributed by atoms with Crippen molar-refractivity contribution in [3.63, 3.8) is 0 Å². The van der Waals surface area contributed by atoms with Gasteiger partial charge in [0.05, 0.1) is 18.6 Å². The Morgan fingerprint density at radius 2 is 2.07 bits per heavy atom. The van der Waals surface area contributed by atoms with Crippen molar-refractivity contribution in [1.82, 2.24) is 9.97 Å². The van der Waals surface area contributed by atoms with E-state index in [2.05, 4.69) is 6.92 Å². The number of nitrogens with zero attached hydrogens (tertiary/aromatic N) is 2. The fraction of sp³-hybridized carbons (Fsp3) is 0.455. The van der Waals surface area contributed by atoms with Crippen LogP contribution in [0, 0.1) is 11.7 Å². The lowest BCUT2D eigenvalue weighted by molar-refractivity contribution is -0.922. The van der Waals surface area contributed by atoms with Crippen LogP contribution in [-0.4, -0.2) is 36.3 Å². The summed E-state index contributed by atoms with van der Waals surface area (Å²) in [7, 11) is 0. The fourth-order valence-corrected chi connectivity index (χ4v) is 5.59. The third-order valence-corrected chi connectivity index (χ3v) is 6.97. The van der Waals surface area contributed by atoms with Gasteiger partial charge in [0.15, 0.2) is 17.4 Å². The summed E-state index contributed by atoms with van der Waals surface area (Å²) < 4.78 is 25.8. The van der Waals surface area contributed by atoms with Gasteiger partial charge in [0.1, 0.15) is 24.5 Å². The summed E-state index contributed by atoms with van der Waals surface area (Å²) in [6.07, 6.45) is 3.22. The molecule has 1 fully saturated rings. The van der Waals surface area contributed by atoms with E-state index in [0.717, 1.165) is 68.2 Å². The highest BCUT2D eigenvalue weighted by molar-refractivity contribution is 7.18. The summed E-state index contributed by atoms with van der Waals surface area (Å²) in [6, 6.07) is 6.51. The van der Waals surface area contributed by atoms with Crippen molar-refractivity contribution in [2.45, 2.75) is 32.7 Å². The van der Waals surface area contributed by atoms with Crippen LogP contribution in [0.4, 0.5) is 4.39 Å². The molecule has 0 unspecified atom stereocenters. The molecule has 29 heavy (non-hydrogen) atoms. The number of nitrogens with one attached hydrogen (secondary N) is 1. The zero-order chi connectivity index (χ0) is 19.8. The number of para-hydroxylation sites is 1. The molecule has 7 heteroatoms. The van der Waals surface area contributed by atoms with Crippen LogP contribution in [0.1, 0.15) is 29.6 Å². The number of hydrogen-bond acceptors (Lipinski definition) is 5. The SMILES string of the molecule is C[C@@H]1CCc2c(sc3nc(C[NH+]4CCOCC4)nc(Oc4ccccc4F)c23)C1. The minimum atomic E-state index is -0.377. The Hall–Kier alpha value is -2.09. The van der Waals surface area contributed by atoms with Gasteiger partial charge in [-0.05, 0) is 42.9 Å². The number of aromatic nitrogens is 2. The van der Waals surface area contributed by atoms with E-state index in [-0.39, 0.29) is 11.6 Å². The number of thiophene rings is 1. The van der Waals surface area contributed by atoms with Crippen LogP contribution in [0.25, 0.3) is 10.2 Å². The molecule has 1 aliphatic carbocycles. The predicted molar refractivity (Wildman–Crippen MR) is 110 cm³/mol. The van der Waals surface area contributed by atoms with Gasteiger partial charge >= 0.3 is 0 Å². The fourth-order valence-electron chi connectivity index (χ4n) is 4.20. The number of benzene rings is 1. The van der Waals surface area contributed by atoms with Crippen molar-refractivity contribution in [2.75, 3.05) is 26.3 Å². The summed E-state index contributed by atoms with van der Waals surface area (Å²) in [6.45, 7) is 6.45. The van der Waals surface area contributed by atoms with E-state index in [1.165, 1.54) is 21.4 Å². The van der Waals surface area contributed by atoms with E-state index in [9.17, 15) is 4.39 Å². The van der Waals surface area contributed by atoms with Crippen LogP contribution in [0.3, 0.4) is 0 Å². The highest BCUT2D eigenvalue weighted by atomic mass is 32.1. The number of hydrogen-bond donors (Lipinski definition) is 1. The van der Waals surface area contributed by atoms with E-state index in [1.807, 2.05) is 0 Å². The van der Waals surface area contributed by atoms with Gasteiger partial charge in [0.25, 0.3) is 0 Å². The first-order valence-corrected chi connectivity index (χ1v) is 11.1. The third kappa shape index (κ3) is 3.86. The molecule has 1 saturated heterocycles. The van der Waals surface area contributed by atoms with Gasteiger partial charge in [-0.2, -0.15) is 4.98 Å². The molecule has 0 saturated carbocycles. The molecule has 2 aromatic heterocycles. The van der Waals surface area contributed by atoms with Crippen LogP contribution in [-0.2, 0) is 24.1 Å². The van der Waals surface area contributed by atoms with Crippen molar-refractivity contribution in [3.8, 4) is 11.6 Å². The van der Waals surface area contributed by atoms with Crippen LogP contribution in [0.15, 0.2) is 24.3 Å². The Morgan fingerprint density at radius 3 is 2.90 bits per heavy atom. The summed E-state index contributed by atoms with van der Waals surface area (Å²) >= 11 is 1.75. The van der Waals surface area contributed by atoms with Gasteiger partial charge < -0.3 is 14.4 Å². The quantitative estimate of drug-likeness (QED) is 0.713. The second-order valence-electron chi connectivity index (χ2n) is 8.05. The molecule has 1 aliphatic heterocycles. The van der Waals surface area contributed by atoms with E-state index in [1.54, 1.807) is 29.5 Å². The van der Waals surface area contributed by atoms with Gasteiger partial charge in [0.2, 0.25) is 5.88 Å². The van der Waals surface area contributed by atoms with Gasteiger partial charge in [0, 0.05) is 4.88 Å². The third-order valence-electron chi connectivity index (χ3n) is 5.82. The maximum atomic E-state index is 14.3. The minimum Gasteiger partial charge on any atom is -0.435 e. The molecule has 3 aromatic rings. The van der Waals surface area contributed by atoms with Crippen LogP contribution in [0.2, 0.25) is 0 Å². The van der Waals surface area contributed by atoms with E-state index in [4.69, 9.17) is 19.4 Å². The zero-order valence-corrected chi connectivity index (χ0v) is 17.4. The standard InChI is InChI=1S/C22H24FN3O2S/c1-14-6-7-15-18(12-14)29-22-20(15)21(28-17-5-3-2-4-16(17)23)24-19(25-22)13-26-8-10-27-11-9-26/h2-5,14H,6-13H2,1H3/p+1/t14-/m1/s1. The molecule has 0 bridgehead atoms. The van der Waals surface area contributed by atoms with Crippen molar-refractivity contribution in [1.29, 1.82) is 0 Å². The molecule has 2 aliphatic rings. The van der Waals surface area contributed by atoms with Gasteiger partial charge in [-0.3, -0.25) is 0 Å². The van der Waals surface area contributed by atoms with Gasteiger partial charge in [-0.25, -0.2) is 9.37 Å². The lowest BCUT2D eigenvalue weighted by Crippen LogP contribution is -3.12. The Labute approximate surface area is 173 Å². The first-order chi connectivity index (χ1) is 14.2. The second kappa shape index (κ2) is 7.97. The largest absolute Gasteiger partial charge is 0.435 e. The maximum absolute atomic E-state index is 14.3. The Kier molecular flexibility index (Phi) is 5.20. The Bertz CT molecular complexity index is 1030. The van der Waals surface area contributed by atoms with E-state index in [0.29, 0.717) is 11.8 Å². The van der Waals surface area contributed by atoms with Crippen molar-refractivity contribution >= 4 is 21.6 Å². The zero-order valence-electron chi connectivity index (χ0n) is 16.5. The highest BCUT2D eigenvalue weighted by Crippen LogP contribution is 2.42. The molecule has 1 N–H and O–H groups in total. The molecule has 0 amide bonds. The van der Waals surface area contributed by atoms with Crippen molar-refractivity contribution < 1.29 is 18.8 Å². The summed E-state index contributed by atoms with van der Waals surface area (Å²) in [5, 5.41) is 0.973. The van der Waals surface area contributed by atoms with Crippen molar-refractivity contribution in [2.24, 2.45) is 5.92 Å². The number of ether oxygens (including phenoxy) is 2. The average Bonchev–Trinajstić information content (AvgIpc) is 3.08. The minimum absolute atomic E-state index is 0.210. The van der Waals surface area contributed by atoms with Crippen LogP contribution < -0.4 is 9.64 Å². The molecule has 0 spiro atoms. The Morgan fingerprint density at radius 1 is 1.24 bits per heavy atom. The molecular formula is C22H25FN3O2S+. The predicted octanol–water partition coefficient (Wildman–Crippen LogP) is 3.16. The van der Waals surface area contributed by atoms with Gasteiger partial charge in [-0.1, -0.05) is 19.1 Å². The van der Waals surface area contributed by atoms with Gasteiger partial charge in [-0.15, -0.1) is 11.3 Å². The number of quaternary nitrogens is 1. The Balaban J connectivity index is 1.58. The lowest BCUT2D eigenvalue weighted by Gasteiger charge is -2.23. The molecule has 3 heterocycles. The molecule has 0 radical (unpaired) electrons. The van der Waals surface area contributed by atoms with E-state index >= 15 is 0 Å². The van der Waals surface area contributed by atoms with Crippen LogP contribution >= 0.6 is 11.3 Å². The molecule has 1 aromatic carbocycles. The summed E-state index contributed by atoms with van der Waals surface area (Å²) in [4.78, 5) is 13.4. The number of fused-ring (bicyclic) bond motifs is 3. The maximum Gasteiger partial charge on any atom is 0.232 e. The second-order valence-corrected chi connectivity index (χ2v) is 9.13. The molecule has 5 rings (SSSR count). The summed E-state index contributed by atoms with van der Waals surface area (Å²) in [5.74, 6) is 1.76. The topological polar surface area (TPSA) is 48.7 Å². The molecular weight excluding hydrogens is 389 g/mol. The summed E-state index contributed by atoms with van der Waals surface area (Å²) in [5.41, 5.74) is 1.29. The monoisotopic (exact) mass is 414 g/mol. The number of rotatable bonds is 4. The number of aryl methyl sites for hydroxylation is 1. The van der Waals surface area contributed by atoms with Crippen LogP contribution in [0.5, 0.6) is 11.6 Å².